The molecule has 2 amide bonds. The van der Waals surface area contributed by atoms with Gasteiger partial charge in [0, 0.05) is 23.6 Å². The summed E-state index contributed by atoms with van der Waals surface area (Å²) in [5, 5.41) is 7.64. The van der Waals surface area contributed by atoms with Gasteiger partial charge in [0.15, 0.2) is 0 Å². The minimum atomic E-state index is -0.135. The number of hydrogen-bond donors (Lipinski definition) is 2. The van der Waals surface area contributed by atoms with Gasteiger partial charge in [-0.25, -0.2) is 0 Å². The molecule has 2 N–H and O–H groups in total. The van der Waals surface area contributed by atoms with Crippen LogP contribution in [0.4, 0.5) is 17.1 Å². The second kappa shape index (κ2) is 9.39. The van der Waals surface area contributed by atoms with E-state index >= 15 is 0 Å². The van der Waals surface area contributed by atoms with Crippen LogP contribution >= 0.6 is 11.3 Å². The van der Waals surface area contributed by atoms with Gasteiger partial charge in [-0.1, -0.05) is 12.1 Å². The number of anilines is 3. The molecule has 0 aliphatic rings. The monoisotopic (exact) mass is 407 g/mol. The fourth-order valence-electron chi connectivity index (χ4n) is 3.13. The summed E-state index contributed by atoms with van der Waals surface area (Å²) in [6.07, 6.45) is 0. The number of rotatable bonds is 7. The van der Waals surface area contributed by atoms with Crippen molar-refractivity contribution < 1.29 is 9.59 Å². The summed E-state index contributed by atoms with van der Waals surface area (Å²) >= 11 is 1.40. The van der Waals surface area contributed by atoms with Crippen molar-refractivity contribution in [3.63, 3.8) is 0 Å². The molecule has 5 nitrogen and oxygen atoms in total. The first-order valence-electron chi connectivity index (χ1n) is 9.52. The van der Waals surface area contributed by atoms with Crippen LogP contribution in [-0.4, -0.2) is 24.9 Å². The number of thiophene rings is 1. The van der Waals surface area contributed by atoms with Gasteiger partial charge in [-0.3, -0.25) is 9.59 Å². The summed E-state index contributed by atoms with van der Waals surface area (Å²) in [7, 11) is 0. The predicted molar refractivity (Wildman–Crippen MR) is 121 cm³/mol. The molecule has 3 aromatic rings. The first-order chi connectivity index (χ1) is 13.9. The van der Waals surface area contributed by atoms with Gasteiger partial charge in [0.25, 0.3) is 5.91 Å². The highest BCUT2D eigenvalue weighted by molar-refractivity contribution is 7.12. The smallest absolute Gasteiger partial charge is 0.265 e. The van der Waals surface area contributed by atoms with Crippen LogP contribution in [0.3, 0.4) is 0 Å². The van der Waals surface area contributed by atoms with Crippen LogP contribution < -0.4 is 15.5 Å². The maximum atomic E-state index is 12.5. The molecule has 0 fully saturated rings. The van der Waals surface area contributed by atoms with Crippen LogP contribution in [0.1, 0.15) is 27.7 Å². The van der Waals surface area contributed by atoms with Crippen LogP contribution in [0.5, 0.6) is 0 Å². The average molecular weight is 408 g/mol. The Kier molecular flexibility index (Phi) is 6.67. The molecule has 1 aromatic heterocycles. The Hall–Kier alpha value is -3.12. The highest BCUT2D eigenvalue weighted by Gasteiger charge is 2.12. The number of amides is 2. The molecule has 0 radical (unpaired) electrons. The Labute approximate surface area is 175 Å². The minimum absolute atomic E-state index is 0.0821. The highest BCUT2D eigenvalue weighted by Crippen LogP contribution is 2.19. The molecule has 29 heavy (non-hydrogen) atoms. The lowest BCUT2D eigenvalue weighted by molar-refractivity contribution is -0.115. The maximum absolute atomic E-state index is 12.5. The lowest BCUT2D eigenvalue weighted by Gasteiger charge is -2.23. The molecule has 0 unspecified atom stereocenters. The van der Waals surface area contributed by atoms with E-state index in [1.54, 1.807) is 30.3 Å². The second-order valence-electron chi connectivity index (χ2n) is 6.92. The number of nitrogens with one attached hydrogen (secondary N) is 2. The minimum Gasteiger partial charge on any atom is -0.362 e. The molecule has 3 rings (SSSR count). The summed E-state index contributed by atoms with van der Waals surface area (Å²) < 4.78 is 0. The molecule has 0 spiro atoms. The second-order valence-corrected chi connectivity index (χ2v) is 7.86. The molecular weight excluding hydrogens is 382 g/mol. The molecule has 0 bridgehead atoms. The van der Waals surface area contributed by atoms with Gasteiger partial charge in [0.05, 0.1) is 11.4 Å². The number of likely N-dealkylation sites (N-methyl/N-ethyl adjacent to an activating group) is 1. The summed E-state index contributed by atoms with van der Waals surface area (Å²) in [4.78, 5) is 27.3. The van der Waals surface area contributed by atoms with E-state index in [1.807, 2.05) is 23.3 Å². The average Bonchev–Trinajstić information content (AvgIpc) is 3.22. The molecule has 2 aromatic carbocycles. The topological polar surface area (TPSA) is 61.4 Å². The molecule has 0 aliphatic carbocycles. The predicted octanol–water partition coefficient (Wildman–Crippen LogP) is 5.08. The molecular formula is C23H25N3O2S. The number of benzene rings is 2. The summed E-state index contributed by atoms with van der Waals surface area (Å²) in [5.74, 6) is -0.217. The summed E-state index contributed by atoms with van der Waals surface area (Å²) in [6.45, 7) is 7.17. The lowest BCUT2D eigenvalue weighted by Crippen LogP contribution is -2.33. The number of carbonyl (C=O) groups is 2. The van der Waals surface area contributed by atoms with Crippen molar-refractivity contribution in [2.75, 3.05) is 28.6 Å². The molecule has 6 heteroatoms. The van der Waals surface area contributed by atoms with Crippen molar-refractivity contribution in [2.45, 2.75) is 20.8 Å². The van der Waals surface area contributed by atoms with Crippen molar-refractivity contribution in [1.29, 1.82) is 0 Å². The first-order valence-corrected chi connectivity index (χ1v) is 10.4. The third-order valence-corrected chi connectivity index (χ3v) is 5.33. The fraction of sp³-hybridized carbons (Fsp3) is 0.217. The van der Waals surface area contributed by atoms with E-state index in [2.05, 4.69) is 42.7 Å². The molecule has 1 heterocycles. The van der Waals surface area contributed by atoms with Gasteiger partial charge in [-0.05, 0) is 79.7 Å². The van der Waals surface area contributed by atoms with Crippen molar-refractivity contribution in [3.8, 4) is 0 Å². The third kappa shape index (κ3) is 5.68. The Balaban J connectivity index is 1.59. The SMILES string of the molecule is CCN(CC(=O)Nc1ccc(NC(=O)c2cccs2)cc1)c1cc(C)cc(C)c1. The normalized spacial score (nSPS) is 10.4. The zero-order valence-electron chi connectivity index (χ0n) is 16.9. The van der Waals surface area contributed by atoms with Crippen LogP contribution in [0.15, 0.2) is 60.0 Å². The van der Waals surface area contributed by atoms with E-state index in [-0.39, 0.29) is 18.4 Å². The third-order valence-electron chi connectivity index (χ3n) is 4.46. The Morgan fingerprint density at radius 2 is 1.55 bits per heavy atom. The van der Waals surface area contributed by atoms with Crippen LogP contribution in [0.2, 0.25) is 0 Å². The molecule has 0 atom stereocenters. The number of aryl methyl sites for hydroxylation is 2. The van der Waals surface area contributed by atoms with E-state index in [0.29, 0.717) is 16.3 Å². The highest BCUT2D eigenvalue weighted by atomic mass is 32.1. The van der Waals surface area contributed by atoms with Gasteiger partial charge >= 0.3 is 0 Å². The molecule has 0 aliphatic heterocycles. The Morgan fingerprint density at radius 3 is 2.10 bits per heavy atom. The number of nitrogens with zero attached hydrogens (tertiary/aromatic N) is 1. The quantitative estimate of drug-likeness (QED) is 0.574. The van der Waals surface area contributed by atoms with Crippen molar-refractivity contribution in [1.82, 2.24) is 0 Å². The van der Waals surface area contributed by atoms with Crippen molar-refractivity contribution in [3.05, 3.63) is 76.0 Å². The van der Waals surface area contributed by atoms with E-state index < -0.39 is 0 Å². The fourth-order valence-corrected chi connectivity index (χ4v) is 3.75. The zero-order valence-corrected chi connectivity index (χ0v) is 17.7. The zero-order chi connectivity index (χ0) is 20.8. The van der Waals surface area contributed by atoms with E-state index in [0.717, 1.165) is 12.2 Å². The largest absolute Gasteiger partial charge is 0.362 e. The molecule has 0 saturated heterocycles. The van der Waals surface area contributed by atoms with Gasteiger partial charge in [-0.15, -0.1) is 11.3 Å². The van der Waals surface area contributed by atoms with Crippen molar-refractivity contribution in [2.24, 2.45) is 0 Å². The molecule has 0 saturated carbocycles. The maximum Gasteiger partial charge on any atom is 0.265 e. The van der Waals surface area contributed by atoms with Crippen LogP contribution in [0, 0.1) is 13.8 Å². The van der Waals surface area contributed by atoms with E-state index in [4.69, 9.17) is 0 Å². The van der Waals surface area contributed by atoms with Gasteiger partial charge in [0.2, 0.25) is 5.91 Å². The first kappa shape index (κ1) is 20.6. The van der Waals surface area contributed by atoms with Crippen LogP contribution in [0.25, 0.3) is 0 Å². The standard InChI is InChI=1S/C23H25N3O2S/c1-4-26(20-13-16(2)12-17(3)14-20)15-22(27)24-18-7-9-19(10-8-18)25-23(28)21-6-5-11-29-21/h5-14H,4,15H2,1-3H3,(H,24,27)(H,25,28). The summed E-state index contributed by atoms with van der Waals surface area (Å²) in [5.41, 5.74) is 4.79. The van der Waals surface area contributed by atoms with Gasteiger partial charge in [-0.2, -0.15) is 0 Å². The van der Waals surface area contributed by atoms with Crippen LogP contribution in [-0.2, 0) is 4.79 Å². The van der Waals surface area contributed by atoms with Crippen molar-refractivity contribution >= 4 is 40.2 Å². The summed E-state index contributed by atoms with van der Waals surface area (Å²) in [6, 6.07) is 17.1. The Bertz CT molecular complexity index is 962. The van der Waals surface area contributed by atoms with Gasteiger partial charge < -0.3 is 15.5 Å². The number of carbonyl (C=O) groups excluding carboxylic acids is 2. The van der Waals surface area contributed by atoms with E-state index in [9.17, 15) is 9.59 Å². The van der Waals surface area contributed by atoms with E-state index in [1.165, 1.54) is 22.5 Å². The number of hydrogen-bond acceptors (Lipinski definition) is 4. The lowest BCUT2D eigenvalue weighted by atomic mass is 10.1. The molecule has 150 valence electrons. The Morgan fingerprint density at radius 1 is 0.931 bits per heavy atom. The van der Waals surface area contributed by atoms with Gasteiger partial charge in [0.1, 0.15) is 0 Å².